The van der Waals surface area contributed by atoms with E-state index in [1.807, 2.05) is 65.6 Å². The highest BCUT2D eigenvalue weighted by atomic mass is 16.5. The van der Waals surface area contributed by atoms with Gasteiger partial charge in [-0.15, -0.1) is 13.2 Å². The number of aliphatic hydroxyl groups is 1. The highest BCUT2D eigenvalue weighted by molar-refractivity contribution is 6.03. The van der Waals surface area contributed by atoms with Gasteiger partial charge in [0.05, 0.1) is 30.6 Å². The predicted molar refractivity (Wildman–Crippen MR) is 185 cm³/mol. The number of ether oxygens (including phenoxy) is 1. The van der Waals surface area contributed by atoms with Gasteiger partial charge < -0.3 is 24.5 Å². The summed E-state index contributed by atoms with van der Waals surface area (Å²) in [5, 5.41) is 10.9. The fraction of sp³-hybridized carbons (Fsp3) is 0.513. The molecule has 8 heteroatoms. The molecule has 0 radical (unpaired) electrons. The van der Waals surface area contributed by atoms with Crippen LogP contribution in [-0.4, -0.2) is 81.7 Å². The second-order valence-electron chi connectivity index (χ2n) is 15.2. The summed E-state index contributed by atoms with van der Waals surface area (Å²) >= 11 is 0. The lowest BCUT2D eigenvalue weighted by Crippen LogP contribution is -2.62. The van der Waals surface area contributed by atoms with Gasteiger partial charge in [0.25, 0.3) is 0 Å². The van der Waals surface area contributed by atoms with Crippen molar-refractivity contribution in [3.63, 3.8) is 0 Å². The third-order valence-corrected chi connectivity index (χ3v) is 10.1. The van der Waals surface area contributed by atoms with E-state index in [2.05, 4.69) is 47.8 Å². The van der Waals surface area contributed by atoms with Crippen molar-refractivity contribution < 1.29 is 24.2 Å². The van der Waals surface area contributed by atoms with Crippen LogP contribution in [0.3, 0.4) is 0 Å². The van der Waals surface area contributed by atoms with Gasteiger partial charge in [-0.05, 0) is 62.6 Å². The zero-order valence-electron chi connectivity index (χ0n) is 28.6. The van der Waals surface area contributed by atoms with E-state index >= 15 is 4.79 Å². The van der Waals surface area contributed by atoms with Gasteiger partial charge >= 0.3 is 0 Å². The van der Waals surface area contributed by atoms with E-state index in [9.17, 15) is 14.7 Å². The van der Waals surface area contributed by atoms with Crippen LogP contribution in [0.5, 0.6) is 0 Å². The average molecular weight is 642 g/mol. The summed E-state index contributed by atoms with van der Waals surface area (Å²) in [5.41, 5.74) is -0.210. The first-order valence-corrected chi connectivity index (χ1v) is 16.8. The highest BCUT2D eigenvalue weighted by Gasteiger charge is 2.75. The third kappa shape index (κ3) is 6.42. The normalized spacial score (nSPS) is 25.7. The fourth-order valence-corrected chi connectivity index (χ4v) is 8.73. The third-order valence-electron chi connectivity index (χ3n) is 10.1. The lowest BCUT2D eigenvalue weighted by atomic mass is 9.70. The van der Waals surface area contributed by atoms with Crippen LogP contribution in [0, 0.1) is 17.3 Å². The number of anilines is 1. The van der Waals surface area contributed by atoms with Crippen LogP contribution >= 0.6 is 0 Å². The smallest absolute Gasteiger partial charge is 0.249 e. The number of nitrogens with zero attached hydrogens (tertiary/aromatic N) is 3. The Balaban J connectivity index is 1.61. The van der Waals surface area contributed by atoms with Gasteiger partial charge in [-0.1, -0.05) is 81.5 Å². The molecule has 2 aromatic rings. The number of likely N-dealkylation sites (tertiary alicyclic amines) is 1. The van der Waals surface area contributed by atoms with Gasteiger partial charge in [0.15, 0.2) is 0 Å². The monoisotopic (exact) mass is 641 g/mol. The molecule has 8 nitrogen and oxygen atoms in total. The predicted octanol–water partition coefficient (Wildman–Crippen LogP) is 5.41. The number of aliphatic hydroxyl groups excluding tert-OH is 1. The molecule has 2 unspecified atom stereocenters. The van der Waals surface area contributed by atoms with Crippen molar-refractivity contribution in [3.8, 4) is 0 Å². The summed E-state index contributed by atoms with van der Waals surface area (Å²) in [5.74, 6) is -2.39. The maximum atomic E-state index is 15.2. The summed E-state index contributed by atoms with van der Waals surface area (Å²) in [6.45, 7) is 18.6. The number of carbonyl (C=O) groups is 3. The molecule has 3 heterocycles. The molecule has 1 spiro atoms. The quantitative estimate of drug-likeness (QED) is 0.296. The van der Waals surface area contributed by atoms with E-state index in [1.165, 1.54) is 0 Å². The topological polar surface area (TPSA) is 90.4 Å². The molecule has 47 heavy (non-hydrogen) atoms. The minimum Gasteiger partial charge on any atom is -0.394 e. The number of hydrogen-bond acceptors (Lipinski definition) is 5. The minimum atomic E-state index is -1.20. The van der Waals surface area contributed by atoms with Gasteiger partial charge in [-0.3, -0.25) is 14.4 Å². The summed E-state index contributed by atoms with van der Waals surface area (Å²) in [6.07, 6.45) is 5.00. The van der Waals surface area contributed by atoms with E-state index in [0.29, 0.717) is 31.4 Å². The first-order chi connectivity index (χ1) is 22.3. The highest BCUT2D eigenvalue weighted by Crippen LogP contribution is 2.59. The Bertz CT molecular complexity index is 1470. The van der Waals surface area contributed by atoms with Gasteiger partial charge in [-0.2, -0.15) is 0 Å². The van der Waals surface area contributed by atoms with Crippen LogP contribution in [0.2, 0.25) is 0 Å². The SMILES string of the molecule is C=CCN(C(=O)[C@@H]1[C@@H]2CCC3(O2)C(C(=O)N(CC=C)C(C)(C)CC(C)(C)C)N([C@@H](CO)Cc2ccccc2)C(=O)[C@H]13)c1ccccc1. The van der Waals surface area contributed by atoms with Gasteiger partial charge in [0.1, 0.15) is 11.6 Å². The van der Waals surface area contributed by atoms with Crippen molar-refractivity contribution in [1.29, 1.82) is 0 Å². The lowest BCUT2D eigenvalue weighted by Gasteiger charge is -2.46. The van der Waals surface area contributed by atoms with Crippen molar-refractivity contribution in [1.82, 2.24) is 9.80 Å². The molecule has 3 saturated heterocycles. The van der Waals surface area contributed by atoms with Crippen LogP contribution in [0.1, 0.15) is 59.4 Å². The van der Waals surface area contributed by atoms with Crippen LogP contribution in [0.15, 0.2) is 86.0 Å². The van der Waals surface area contributed by atoms with Gasteiger partial charge in [0.2, 0.25) is 17.7 Å². The summed E-state index contributed by atoms with van der Waals surface area (Å²) in [6, 6.07) is 17.3. The molecule has 0 aromatic heterocycles. The van der Waals surface area contributed by atoms with Crippen molar-refractivity contribution in [3.05, 3.63) is 91.5 Å². The molecular formula is C39H51N3O5. The first kappa shape index (κ1) is 34.6. The summed E-state index contributed by atoms with van der Waals surface area (Å²) < 4.78 is 6.81. The first-order valence-electron chi connectivity index (χ1n) is 16.8. The molecule has 1 N–H and O–H groups in total. The molecule has 6 atom stereocenters. The standard InChI is InChI=1S/C39H51N3O5/c1-8-22-40(28-18-14-11-15-19-28)34(44)31-30-20-21-39(47-30)32(31)35(45)42(29(25-43)24-27-16-12-10-13-17-27)33(39)36(46)41(23-9-2)38(6,7)26-37(3,4)5/h8-19,29-33,43H,1-2,20-26H2,3-7H3/t29-,30+,31-,32+,33?,39?/m1/s1. The molecule has 252 valence electrons. The molecule has 2 aromatic carbocycles. The van der Waals surface area contributed by atoms with E-state index in [-0.39, 0.29) is 42.8 Å². The number of rotatable bonds is 13. The molecule has 0 aliphatic carbocycles. The van der Waals surface area contributed by atoms with Crippen LogP contribution in [0.4, 0.5) is 5.69 Å². The van der Waals surface area contributed by atoms with Crippen LogP contribution in [0.25, 0.3) is 0 Å². The number of hydrogen-bond donors (Lipinski definition) is 1. The number of benzene rings is 2. The minimum absolute atomic E-state index is 0.0813. The van der Waals surface area contributed by atoms with E-state index in [1.54, 1.807) is 22.0 Å². The second-order valence-corrected chi connectivity index (χ2v) is 15.2. The Morgan fingerprint density at radius 3 is 2.19 bits per heavy atom. The number of para-hydroxylation sites is 1. The molecule has 2 bridgehead atoms. The molecule has 3 fully saturated rings. The zero-order chi connectivity index (χ0) is 34.1. The maximum Gasteiger partial charge on any atom is 0.249 e. The molecule has 3 aliphatic heterocycles. The fourth-order valence-electron chi connectivity index (χ4n) is 8.73. The largest absolute Gasteiger partial charge is 0.394 e. The Kier molecular flexibility index (Phi) is 9.86. The second kappa shape index (κ2) is 13.4. The van der Waals surface area contributed by atoms with Crippen molar-refractivity contribution in [2.45, 2.75) is 89.6 Å². The summed E-state index contributed by atoms with van der Waals surface area (Å²) in [7, 11) is 0. The molecule has 0 saturated carbocycles. The number of amides is 3. The molecule has 3 amide bonds. The lowest BCUT2D eigenvalue weighted by molar-refractivity contribution is -0.155. The zero-order valence-corrected chi connectivity index (χ0v) is 28.6. The van der Waals surface area contributed by atoms with Gasteiger partial charge in [-0.25, -0.2) is 0 Å². The summed E-state index contributed by atoms with van der Waals surface area (Å²) in [4.78, 5) is 49.7. The Labute approximate surface area is 280 Å². The molecular weight excluding hydrogens is 590 g/mol. The number of carbonyl (C=O) groups excluding carboxylic acids is 3. The maximum absolute atomic E-state index is 15.2. The van der Waals surface area contributed by atoms with Crippen molar-refractivity contribution in [2.75, 3.05) is 24.6 Å². The molecule has 5 rings (SSSR count). The number of fused-ring (bicyclic) bond motifs is 1. The van der Waals surface area contributed by atoms with Crippen LogP contribution in [-0.2, 0) is 25.5 Å². The molecule has 3 aliphatic rings. The van der Waals surface area contributed by atoms with E-state index in [4.69, 9.17) is 4.74 Å². The van der Waals surface area contributed by atoms with E-state index < -0.39 is 41.2 Å². The van der Waals surface area contributed by atoms with Gasteiger partial charge in [0, 0.05) is 24.3 Å². The van der Waals surface area contributed by atoms with Crippen molar-refractivity contribution in [2.24, 2.45) is 17.3 Å². The van der Waals surface area contributed by atoms with Crippen molar-refractivity contribution >= 4 is 23.4 Å². The van der Waals surface area contributed by atoms with E-state index in [0.717, 1.165) is 5.56 Å². The Morgan fingerprint density at radius 1 is 1.00 bits per heavy atom. The average Bonchev–Trinajstić information content (AvgIpc) is 3.68. The Hall–Kier alpha value is -3.75. The van der Waals surface area contributed by atoms with Crippen LogP contribution < -0.4 is 4.90 Å². The Morgan fingerprint density at radius 2 is 1.62 bits per heavy atom.